The van der Waals surface area contributed by atoms with Crippen molar-refractivity contribution < 1.29 is 4.39 Å². The Labute approximate surface area is 139 Å². The molecule has 0 saturated carbocycles. The quantitative estimate of drug-likeness (QED) is 0.529. The first-order valence-corrected chi connectivity index (χ1v) is 7.78. The molecule has 0 aliphatic carbocycles. The Morgan fingerprint density at radius 2 is 1.58 bits per heavy atom. The van der Waals surface area contributed by atoms with Gasteiger partial charge in [0.25, 0.3) is 0 Å². The van der Waals surface area contributed by atoms with E-state index in [0.29, 0.717) is 10.9 Å². The molecule has 4 rings (SSSR count). The van der Waals surface area contributed by atoms with Crippen LogP contribution in [0.3, 0.4) is 0 Å². The molecule has 3 aromatic heterocycles. The van der Waals surface area contributed by atoms with Crippen molar-refractivity contribution in [1.82, 2.24) is 14.5 Å². The van der Waals surface area contributed by atoms with Gasteiger partial charge in [-0.3, -0.25) is 9.97 Å². The Hall–Kier alpha value is -3.01. The van der Waals surface area contributed by atoms with Gasteiger partial charge in [0, 0.05) is 41.3 Å². The van der Waals surface area contributed by atoms with Gasteiger partial charge in [-0.2, -0.15) is 0 Å². The van der Waals surface area contributed by atoms with Gasteiger partial charge in [0.2, 0.25) is 0 Å². The highest BCUT2D eigenvalue weighted by Gasteiger charge is 2.15. The van der Waals surface area contributed by atoms with Crippen LogP contribution in [0.15, 0.2) is 61.3 Å². The summed E-state index contributed by atoms with van der Waals surface area (Å²) in [6, 6.07) is 9.43. The van der Waals surface area contributed by atoms with E-state index in [1.165, 1.54) is 0 Å². The Bertz CT molecular complexity index is 1050. The number of hydrogen-bond acceptors (Lipinski definition) is 2. The van der Waals surface area contributed by atoms with E-state index < -0.39 is 0 Å². The fourth-order valence-electron chi connectivity index (χ4n) is 3.05. The molecule has 0 fully saturated rings. The molecule has 0 atom stereocenters. The smallest absolute Gasteiger partial charge is 0.140 e. The van der Waals surface area contributed by atoms with Crippen LogP contribution >= 0.6 is 0 Å². The van der Waals surface area contributed by atoms with E-state index in [-0.39, 0.29) is 5.82 Å². The molecule has 118 valence electrons. The lowest BCUT2D eigenvalue weighted by Crippen LogP contribution is -1.97. The monoisotopic (exact) mass is 317 g/mol. The normalized spacial score (nSPS) is 11.1. The van der Waals surface area contributed by atoms with Gasteiger partial charge in [-0.25, -0.2) is 4.39 Å². The molecule has 0 bridgehead atoms. The maximum absolute atomic E-state index is 15.1. The summed E-state index contributed by atoms with van der Waals surface area (Å²) in [7, 11) is 0. The minimum atomic E-state index is -0.219. The van der Waals surface area contributed by atoms with E-state index in [4.69, 9.17) is 0 Å². The predicted molar refractivity (Wildman–Crippen MR) is 93.7 cm³/mol. The molecule has 0 saturated heterocycles. The van der Waals surface area contributed by atoms with E-state index in [9.17, 15) is 0 Å². The molecule has 4 heteroatoms. The molecule has 0 N–H and O–H groups in total. The standard InChI is InChI=1S/C20H16FN3/c1-13-5-8-22-11-17(13)15-3-4-18-16(20(15)21)7-10-24(18)19-12-23-9-6-14(19)2/h3-12H,1-2H3. The second-order valence-electron chi connectivity index (χ2n) is 5.90. The number of halogens is 1. The van der Waals surface area contributed by atoms with Crippen molar-refractivity contribution in [2.24, 2.45) is 0 Å². The first kappa shape index (κ1) is 14.6. The number of nitrogens with zero attached hydrogens (tertiary/aromatic N) is 3. The second kappa shape index (κ2) is 5.57. The van der Waals surface area contributed by atoms with Crippen LogP contribution in [-0.4, -0.2) is 14.5 Å². The third-order valence-electron chi connectivity index (χ3n) is 4.41. The third kappa shape index (κ3) is 2.19. The lowest BCUT2D eigenvalue weighted by Gasteiger charge is -2.10. The molecule has 0 aliphatic rings. The van der Waals surface area contributed by atoms with Crippen molar-refractivity contribution in [2.75, 3.05) is 0 Å². The minimum absolute atomic E-state index is 0.219. The predicted octanol–water partition coefficient (Wildman–Crippen LogP) is 4.84. The number of aromatic nitrogens is 3. The van der Waals surface area contributed by atoms with Crippen molar-refractivity contribution >= 4 is 10.9 Å². The van der Waals surface area contributed by atoms with E-state index in [0.717, 1.165) is 27.9 Å². The number of fused-ring (bicyclic) bond motifs is 1. The van der Waals surface area contributed by atoms with Crippen LogP contribution in [0, 0.1) is 19.7 Å². The van der Waals surface area contributed by atoms with E-state index >= 15 is 4.39 Å². The molecule has 24 heavy (non-hydrogen) atoms. The Morgan fingerprint density at radius 1 is 0.833 bits per heavy atom. The molecule has 1 aromatic carbocycles. The summed E-state index contributed by atoms with van der Waals surface area (Å²) < 4.78 is 17.1. The zero-order valence-corrected chi connectivity index (χ0v) is 13.5. The minimum Gasteiger partial charge on any atom is -0.315 e. The van der Waals surface area contributed by atoms with Crippen LogP contribution in [0.2, 0.25) is 0 Å². The Balaban J connectivity index is 1.94. The summed E-state index contributed by atoms with van der Waals surface area (Å²) in [5.74, 6) is -0.219. The van der Waals surface area contributed by atoms with Crippen molar-refractivity contribution in [1.29, 1.82) is 0 Å². The van der Waals surface area contributed by atoms with Gasteiger partial charge >= 0.3 is 0 Å². The fourth-order valence-corrected chi connectivity index (χ4v) is 3.05. The van der Waals surface area contributed by atoms with Gasteiger partial charge in [-0.1, -0.05) is 0 Å². The molecule has 0 spiro atoms. The molecule has 0 aliphatic heterocycles. The summed E-state index contributed by atoms with van der Waals surface area (Å²) >= 11 is 0. The average Bonchev–Trinajstić information content (AvgIpc) is 3.01. The lowest BCUT2D eigenvalue weighted by molar-refractivity contribution is 0.643. The van der Waals surface area contributed by atoms with Gasteiger partial charge < -0.3 is 4.57 Å². The molecule has 0 unspecified atom stereocenters. The molecule has 0 radical (unpaired) electrons. The van der Waals surface area contributed by atoms with Gasteiger partial charge in [-0.15, -0.1) is 0 Å². The molecular weight excluding hydrogens is 301 g/mol. The van der Waals surface area contributed by atoms with Crippen molar-refractivity contribution in [3.05, 3.63) is 78.3 Å². The average molecular weight is 317 g/mol. The maximum Gasteiger partial charge on any atom is 0.140 e. The first-order valence-electron chi connectivity index (χ1n) is 7.78. The summed E-state index contributed by atoms with van der Waals surface area (Å²) in [6.45, 7) is 3.98. The zero-order chi connectivity index (χ0) is 16.7. The molecular formula is C20H16FN3. The fraction of sp³-hybridized carbons (Fsp3) is 0.100. The molecule has 4 aromatic rings. The van der Waals surface area contributed by atoms with E-state index in [1.54, 1.807) is 24.8 Å². The topological polar surface area (TPSA) is 30.7 Å². The molecule has 3 heterocycles. The number of pyridine rings is 2. The van der Waals surface area contributed by atoms with Crippen LogP contribution in [-0.2, 0) is 0 Å². The SMILES string of the molecule is Cc1ccncc1-c1ccc2c(ccn2-c2cnccc2C)c1F. The lowest BCUT2D eigenvalue weighted by atomic mass is 10.0. The number of benzene rings is 1. The number of aryl methyl sites for hydroxylation is 2. The van der Waals surface area contributed by atoms with Crippen LogP contribution in [0.25, 0.3) is 27.7 Å². The van der Waals surface area contributed by atoms with Gasteiger partial charge in [0.15, 0.2) is 0 Å². The third-order valence-corrected chi connectivity index (χ3v) is 4.41. The summed E-state index contributed by atoms with van der Waals surface area (Å²) in [5.41, 5.74) is 5.28. The summed E-state index contributed by atoms with van der Waals surface area (Å²) in [4.78, 5) is 8.31. The van der Waals surface area contributed by atoms with Gasteiger partial charge in [0.1, 0.15) is 5.82 Å². The maximum atomic E-state index is 15.1. The van der Waals surface area contributed by atoms with Crippen molar-refractivity contribution in [3.63, 3.8) is 0 Å². The highest BCUT2D eigenvalue weighted by Crippen LogP contribution is 2.32. The van der Waals surface area contributed by atoms with Crippen LogP contribution in [0.5, 0.6) is 0 Å². The largest absolute Gasteiger partial charge is 0.315 e. The second-order valence-corrected chi connectivity index (χ2v) is 5.90. The van der Waals surface area contributed by atoms with Gasteiger partial charge in [0.05, 0.1) is 17.4 Å². The summed E-state index contributed by atoms with van der Waals surface area (Å²) in [5, 5.41) is 0.596. The van der Waals surface area contributed by atoms with Crippen LogP contribution < -0.4 is 0 Å². The first-order chi connectivity index (χ1) is 11.7. The van der Waals surface area contributed by atoms with Crippen molar-refractivity contribution in [2.45, 2.75) is 13.8 Å². The number of hydrogen-bond donors (Lipinski definition) is 0. The number of rotatable bonds is 2. The summed E-state index contributed by atoms with van der Waals surface area (Å²) in [6.07, 6.45) is 8.87. The highest BCUT2D eigenvalue weighted by molar-refractivity contribution is 5.88. The van der Waals surface area contributed by atoms with Crippen LogP contribution in [0.4, 0.5) is 4.39 Å². The highest BCUT2D eigenvalue weighted by atomic mass is 19.1. The van der Waals surface area contributed by atoms with Crippen LogP contribution in [0.1, 0.15) is 11.1 Å². The van der Waals surface area contributed by atoms with Gasteiger partial charge in [-0.05, 0) is 55.3 Å². The molecule has 0 amide bonds. The Morgan fingerprint density at radius 3 is 2.33 bits per heavy atom. The van der Waals surface area contributed by atoms with E-state index in [2.05, 4.69) is 9.97 Å². The molecule has 3 nitrogen and oxygen atoms in total. The zero-order valence-electron chi connectivity index (χ0n) is 13.5. The van der Waals surface area contributed by atoms with Crippen molar-refractivity contribution in [3.8, 4) is 16.8 Å². The Kier molecular flexibility index (Phi) is 3.38. The van der Waals surface area contributed by atoms with E-state index in [1.807, 2.05) is 54.9 Å².